The van der Waals surface area contributed by atoms with Crippen molar-refractivity contribution in [1.82, 2.24) is 4.90 Å². The Kier molecular flexibility index (Phi) is 6.49. The van der Waals surface area contributed by atoms with Crippen LogP contribution in [-0.4, -0.2) is 48.8 Å². The lowest BCUT2D eigenvalue weighted by atomic mass is 9.75. The molecule has 4 heteroatoms. The number of hydrogen-bond acceptors (Lipinski definition) is 3. The Balaban J connectivity index is 2.02. The molecule has 122 valence electrons. The number of carbonyl (C=O) groups is 1. The number of hydrogen-bond donors (Lipinski definition) is 1. The van der Waals surface area contributed by atoms with E-state index in [1.165, 1.54) is 25.7 Å². The molecule has 1 saturated heterocycles. The molecule has 0 aromatic heterocycles. The zero-order valence-corrected chi connectivity index (χ0v) is 13.6. The zero-order valence-electron chi connectivity index (χ0n) is 13.6. The molecule has 0 spiro atoms. The lowest BCUT2D eigenvalue weighted by Gasteiger charge is -2.44. The zero-order chi connectivity index (χ0) is 15.2. The normalized spacial score (nSPS) is 34.8. The summed E-state index contributed by atoms with van der Waals surface area (Å²) in [5, 5.41) is 9.57. The fourth-order valence-corrected chi connectivity index (χ4v) is 4.36. The molecule has 21 heavy (non-hydrogen) atoms. The third-order valence-electron chi connectivity index (χ3n) is 5.36. The topological polar surface area (TPSA) is 49.8 Å². The van der Waals surface area contributed by atoms with E-state index in [2.05, 4.69) is 11.8 Å². The van der Waals surface area contributed by atoms with Gasteiger partial charge < -0.3 is 9.84 Å². The number of nitrogens with zero attached hydrogens (tertiary/aromatic N) is 1. The first kappa shape index (κ1) is 16.8. The van der Waals surface area contributed by atoms with Gasteiger partial charge in [0.1, 0.15) is 0 Å². The van der Waals surface area contributed by atoms with Crippen molar-refractivity contribution in [3.8, 4) is 0 Å². The van der Waals surface area contributed by atoms with Gasteiger partial charge in [-0.25, -0.2) is 0 Å². The summed E-state index contributed by atoms with van der Waals surface area (Å²) in [4.78, 5) is 14.1. The number of carboxylic acids is 1. The van der Waals surface area contributed by atoms with Crippen molar-refractivity contribution in [2.45, 2.75) is 57.9 Å². The molecule has 0 aromatic rings. The van der Waals surface area contributed by atoms with Gasteiger partial charge in [0.05, 0.1) is 12.5 Å². The second kappa shape index (κ2) is 8.14. The molecule has 2 rings (SSSR count). The van der Waals surface area contributed by atoms with Crippen LogP contribution in [0.5, 0.6) is 0 Å². The molecule has 1 aliphatic carbocycles. The fraction of sp³-hybridized carbons (Fsp3) is 0.941. The molecule has 1 N–H and O–H groups in total. The average Bonchev–Trinajstić information content (AvgIpc) is 2.48. The van der Waals surface area contributed by atoms with Crippen LogP contribution in [0.25, 0.3) is 0 Å². The minimum atomic E-state index is -0.594. The molecule has 2 aliphatic rings. The van der Waals surface area contributed by atoms with Crippen LogP contribution in [-0.2, 0) is 9.53 Å². The molecule has 4 nitrogen and oxygen atoms in total. The van der Waals surface area contributed by atoms with Crippen molar-refractivity contribution >= 4 is 5.97 Å². The molecule has 1 heterocycles. The minimum absolute atomic E-state index is 0.167. The number of piperidine rings is 1. The Labute approximate surface area is 128 Å². The molecular formula is C17H31NO3. The van der Waals surface area contributed by atoms with Crippen molar-refractivity contribution in [1.29, 1.82) is 0 Å². The summed E-state index contributed by atoms with van der Waals surface area (Å²) >= 11 is 0. The SMILES string of the molecule is CCCC1CCC(C(=O)O)C(N2CCCC(COC)C2)C1. The maximum Gasteiger partial charge on any atom is 0.308 e. The molecule has 0 aromatic carbocycles. The van der Waals surface area contributed by atoms with Gasteiger partial charge in [0, 0.05) is 19.7 Å². The van der Waals surface area contributed by atoms with Crippen LogP contribution in [0.4, 0.5) is 0 Å². The third kappa shape index (κ3) is 4.43. The lowest BCUT2D eigenvalue weighted by Crippen LogP contribution is -2.51. The van der Waals surface area contributed by atoms with Gasteiger partial charge in [-0.2, -0.15) is 0 Å². The van der Waals surface area contributed by atoms with E-state index in [-0.39, 0.29) is 12.0 Å². The average molecular weight is 297 g/mol. The van der Waals surface area contributed by atoms with Crippen LogP contribution >= 0.6 is 0 Å². The standard InChI is InChI=1S/C17H31NO3/c1-3-5-13-7-8-15(17(19)20)16(10-13)18-9-4-6-14(11-18)12-21-2/h13-16H,3-12H2,1-2H3,(H,19,20). The van der Waals surface area contributed by atoms with Crippen molar-refractivity contribution < 1.29 is 14.6 Å². The van der Waals surface area contributed by atoms with Crippen molar-refractivity contribution in [3.63, 3.8) is 0 Å². The lowest BCUT2D eigenvalue weighted by molar-refractivity contribution is -0.147. The van der Waals surface area contributed by atoms with E-state index in [9.17, 15) is 9.90 Å². The van der Waals surface area contributed by atoms with Crippen LogP contribution < -0.4 is 0 Å². The number of methoxy groups -OCH3 is 1. The van der Waals surface area contributed by atoms with Gasteiger partial charge in [-0.1, -0.05) is 19.8 Å². The number of rotatable bonds is 6. The molecular weight excluding hydrogens is 266 g/mol. The van der Waals surface area contributed by atoms with Crippen molar-refractivity contribution in [2.24, 2.45) is 17.8 Å². The first-order valence-electron chi connectivity index (χ1n) is 8.61. The predicted molar refractivity (Wildman–Crippen MR) is 83.3 cm³/mol. The summed E-state index contributed by atoms with van der Waals surface area (Å²) < 4.78 is 5.31. The number of likely N-dealkylation sites (tertiary alicyclic amines) is 1. The van der Waals surface area contributed by atoms with Crippen LogP contribution in [0, 0.1) is 17.8 Å². The first-order valence-corrected chi connectivity index (χ1v) is 8.61. The minimum Gasteiger partial charge on any atom is -0.481 e. The Morgan fingerprint density at radius 3 is 2.76 bits per heavy atom. The van der Waals surface area contributed by atoms with Crippen LogP contribution in [0.1, 0.15) is 51.9 Å². The Morgan fingerprint density at radius 2 is 2.10 bits per heavy atom. The van der Waals surface area contributed by atoms with E-state index in [1.54, 1.807) is 7.11 Å². The van der Waals surface area contributed by atoms with Gasteiger partial charge >= 0.3 is 5.97 Å². The van der Waals surface area contributed by atoms with Crippen molar-refractivity contribution in [2.75, 3.05) is 26.8 Å². The summed E-state index contributed by atoms with van der Waals surface area (Å²) in [5.74, 6) is 0.534. The molecule has 0 radical (unpaired) electrons. The first-order chi connectivity index (χ1) is 10.2. The monoisotopic (exact) mass is 297 g/mol. The molecule has 4 unspecified atom stereocenters. The third-order valence-corrected chi connectivity index (χ3v) is 5.36. The molecule has 2 fully saturated rings. The Bertz CT molecular complexity index is 332. The highest BCUT2D eigenvalue weighted by Gasteiger charge is 2.39. The van der Waals surface area contributed by atoms with Gasteiger partial charge in [0.15, 0.2) is 0 Å². The highest BCUT2D eigenvalue weighted by molar-refractivity contribution is 5.71. The predicted octanol–water partition coefficient (Wildman–Crippen LogP) is 3.01. The van der Waals surface area contributed by atoms with Gasteiger partial charge in [-0.05, 0) is 50.5 Å². The van der Waals surface area contributed by atoms with E-state index in [0.717, 1.165) is 44.9 Å². The van der Waals surface area contributed by atoms with E-state index >= 15 is 0 Å². The van der Waals surface area contributed by atoms with Crippen LogP contribution in [0.2, 0.25) is 0 Å². The number of aliphatic carboxylic acids is 1. The van der Waals surface area contributed by atoms with E-state index in [0.29, 0.717) is 5.92 Å². The van der Waals surface area contributed by atoms with E-state index in [4.69, 9.17) is 4.74 Å². The Hall–Kier alpha value is -0.610. The molecule has 4 atom stereocenters. The van der Waals surface area contributed by atoms with Gasteiger partial charge in [0.25, 0.3) is 0 Å². The molecule has 1 aliphatic heterocycles. The largest absolute Gasteiger partial charge is 0.481 e. The summed E-state index contributed by atoms with van der Waals surface area (Å²) in [6.07, 6.45) is 7.87. The second-order valence-corrected chi connectivity index (χ2v) is 6.94. The number of ether oxygens (including phenoxy) is 1. The molecule has 1 saturated carbocycles. The number of carboxylic acid groups (broad SMARTS) is 1. The van der Waals surface area contributed by atoms with Gasteiger partial charge in [0.2, 0.25) is 0 Å². The van der Waals surface area contributed by atoms with E-state index in [1.807, 2.05) is 0 Å². The Morgan fingerprint density at radius 1 is 1.29 bits per heavy atom. The van der Waals surface area contributed by atoms with Crippen LogP contribution in [0.3, 0.4) is 0 Å². The van der Waals surface area contributed by atoms with Gasteiger partial charge in [-0.15, -0.1) is 0 Å². The van der Waals surface area contributed by atoms with E-state index < -0.39 is 5.97 Å². The highest BCUT2D eigenvalue weighted by atomic mass is 16.5. The maximum atomic E-state index is 11.6. The quantitative estimate of drug-likeness (QED) is 0.819. The second-order valence-electron chi connectivity index (χ2n) is 6.94. The summed E-state index contributed by atoms with van der Waals surface area (Å²) in [6, 6.07) is 0.243. The van der Waals surface area contributed by atoms with Crippen LogP contribution in [0.15, 0.2) is 0 Å². The van der Waals surface area contributed by atoms with Gasteiger partial charge in [-0.3, -0.25) is 9.69 Å². The highest BCUT2D eigenvalue weighted by Crippen LogP contribution is 2.36. The molecule has 0 bridgehead atoms. The fourth-order valence-electron chi connectivity index (χ4n) is 4.36. The van der Waals surface area contributed by atoms with Crippen molar-refractivity contribution in [3.05, 3.63) is 0 Å². The maximum absolute atomic E-state index is 11.6. The molecule has 0 amide bonds. The summed E-state index contributed by atoms with van der Waals surface area (Å²) in [7, 11) is 1.76. The smallest absolute Gasteiger partial charge is 0.308 e. The summed E-state index contributed by atoms with van der Waals surface area (Å²) in [5.41, 5.74) is 0. The summed E-state index contributed by atoms with van der Waals surface area (Å²) in [6.45, 7) is 5.11.